The summed E-state index contributed by atoms with van der Waals surface area (Å²) in [4.78, 5) is 31.4. The highest BCUT2D eigenvalue weighted by Gasteiger charge is 2.59. The first-order valence-corrected chi connectivity index (χ1v) is 9.28. The van der Waals surface area contributed by atoms with Crippen LogP contribution in [0.3, 0.4) is 0 Å². The van der Waals surface area contributed by atoms with E-state index in [0.29, 0.717) is 6.42 Å². The van der Waals surface area contributed by atoms with Gasteiger partial charge < -0.3 is 10.2 Å². The minimum atomic E-state index is -3.01. The quantitative estimate of drug-likeness (QED) is 0.588. The molecule has 6 nitrogen and oxygen atoms in total. The molecule has 30 heavy (non-hydrogen) atoms. The number of halogens is 1. The Kier molecular flexibility index (Phi) is 2.97. The smallest absolute Gasteiger partial charge is 0.259 e. The molecule has 0 atom stereocenters. The molecule has 0 aromatic heterocycles. The Labute approximate surface area is 190 Å². The van der Waals surface area contributed by atoms with Crippen molar-refractivity contribution in [3.05, 3.63) is 64.6 Å². The van der Waals surface area contributed by atoms with Crippen LogP contribution in [0.1, 0.15) is 46.1 Å². The highest BCUT2D eigenvalue weighted by atomic mass is 32.1. The van der Waals surface area contributed by atoms with Gasteiger partial charge in [0.05, 0.1) is 19.0 Å². The van der Waals surface area contributed by atoms with E-state index in [2.05, 4.69) is 4.85 Å². The normalized spacial score (nSPS) is 21.4. The van der Waals surface area contributed by atoms with Gasteiger partial charge in [-0.15, -0.1) is 0 Å². The Bertz CT molecular complexity index is 1460. The van der Waals surface area contributed by atoms with E-state index < -0.39 is 59.5 Å². The van der Waals surface area contributed by atoms with Crippen molar-refractivity contribution in [1.82, 2.24) is 5.32 Å². The van der Waals surface area contributed by atoms with E-state index >= 15 is 4.39 Å². The van der Waals surface area contributed by atoms with Crippen molar-refractivity contribution in [2.45, 2.75) is 31.7 Å². The van der Waals surface area contributed by atoms with Crippen LogP contribution in [-0.2, 0) is 4.79 Å². The number of carbonyl (C=O) groups excluding carboxylic acids is 2. The van der Waals surface area contributed by atoms with Crippen LogP contribution in [0.2, 0.25) is 0 Å². The van der Waals surface area contributed by atoms with Crippen LogP contribution in [0.25, 0.3) is 4.85 Å². The zero-order valence-corrected chi connectivity index (χ0v) is 16.5. The lowest BCUT2D eigenvalue weighted by Gasteiger charge is -2.43. The molecule has 0 bridgehead atoms. The van der Waals surface area contributed by atoms with E-state index in [0.717, 1.165) is 9.80 Å². The van der Waals surface area contributed by atoms with Gasteiger partial charge in [0.2, 0.25) is 0 Å². The predicted octanol–water partition coefficient (Wildman–Crippen LogP) is 4.11. The number of hydrogen-bond donors (Lipinski definition) is 1. The molecule has 2 aliphatic rings. The number of anilines is 2. The lowest BCUT2D eigenvalue weighted by molar-refractivity contribution is -0.123. The number of nitrogens with zero attached hydrogens (tertiary/aromatic N) is 3. The van der Waals surface area contributed by atoms with Crippen molar-refractivity contribution in [3.63, 3.8) is 0 Å². The first-order chi connectivity index (χ1) is 17.6. The predicted molar refractivity (Wildman–Crippen MR) is 116 cm³/mol. The second-order valence-corrected chi connectivity index (χ2v) is 7.26. The van der Waals surface area contributed by atoms with Crippen LogP contribution >= 0.6 is 12.2 Å². The van der Waals surface area contributed by atoms with Gasteiger partial charge in [-0.25, -0.2) is 9.24 Å². The lowest BCUT2D eigenvalue weighted by atomic mass is 9.75. The van der Waals surface area contributed by atoms with Crippen LogP contribution in [0.15, 0.2) is 36.3 Å². The summed E-state index contributed by atoms with van der Waals surface area (Å²) >= 11 is 5.54. The maximum atomic E-state index is 15.4. The summed E-state index contributed by atoms with van der Waals surface area (Å²) in [6.45, 7) is 5.72. The summed E-state index contributed by atoms with van der Waals surface area (Å²) < 4.78 is 78.9. The fourth-order valence-electron chi connectivity index (χ4n) is 3.59. The highest BCUT2D eigenvalue weighted by molar-refractivity contribution is 7.81. The Balaban J connectivity index is 1.92. The molecule has 1 spiro atoms. The van der Waals surface area contributed by atoms with Crippen LogP contribution in [0, 0.1) is 19.3 Å². The van der Waals surface area contributed by atoms with Crippen molar-refractivity contribution in [3.8, 4) is 0 Å². The topological polar surface area (TPSA) is 57.0 Å². The summed E-state index contributed by atoms with van der Waals surface area (Å²) in [5, 5.41) is 1.19. The molecule has 2 fully saturated rings. The summed E-state index contributed by atoms with van der Waals surface area (Å²) in [7, 11) is 0. The van der Waals surface area contributed by atoms with Gasteiger partial charge >= 0.3 is 0 Å². The molecule has 2 amide bonds. The Morgan fingerprint density at radius 3 is 2.77 bits per heavy atom. The first-order valence-electron chi connectivity index (χ1n) is 12.9. The first kappa shape index (κ1) is 12.4. The number of thiocarbonyl (C=S) groups is 1. The van der Waals surface area contributed by atoms with Crippen molar-refractivity contribution in [1.29, 1.82) is 0 Å². The number of benzene rings is 2. The van der Waals surface area contributed by atoms with Crippen LogP contribution < -0.4 is 15.1 Å². The van der Waals surface area contributed by atoms with Crippen molar-refractivity contribution in [2.75, 3.05) is 16.8 Å². The molecule has 0 unspecified atom stereocenters. The van der Waals surface area contributed by atoms with Gasteiger partial charge in [-0.3, -0.25) is 14.5 Å². The summed E-state index contributed by atoms with van der Waals surface area (Å²) in [6.07, 6.45) is 0.889. The number of carbonyl (C=O) groups is 2. The maximum Gasteiger partial charge on any atom is 0.259 e. The van der Waals surface area contributed by atoms with Crippen molar-refractivity contribution < 1.29 is 24.9 Å². The molecule has 152 valence electrons. The summed E-state index contributed by atoms with van der Waals surface area (Å²) in [6, 6.07) is -2.31. The average Bonchev–Trinajstić information content (AvgIpc) is 3.01. The molecule has 8 heteroatoms. The zero-order valence-electron chi connectivity index (χ0n) is 23.6. The molecule has 1 saturated heterocycles. The SMILES string of the molecule is [2H]c1cc([N+]#[C-])c(C)c([2H])c1N1C(=O)C2(CCC2)N(c2c([2H])c([2H])c(C(=O)NC([2H])([2H])[2H])c(F)c2[2H])C1=S. The van der Waals surface area contributed by atoms with Gasteiger partial charge in [0, 0.05) is 22.5 Å². The Morgan fingerprint density at radius 1 is 1.37 bits per heavy atom. The molecule has 1 aliphatic heterocycles. The molecule has 2 aromatic rings. The Morgan fingerprint density at radius 2 is 2.13 bits per heavy atom. The van der Waals surface area contributed by atoms with E-state index in [-0.39, 0.29) is 47.0 Å². The summed E-state index contributed by atoms with van der Waals surface area (Å²) in [5.41, 5.74) is -3.11. The monoisotopic (exact) mass is 430 g/mol. The van der Waals surface area contributed by atoms with Gasteiger partial charge in [0.15, 0.2) is 10.8 Å². The van der Waals surface area contributed by atoms with Gasteiger partial charge in [-0.1, -0.05) is 6.07 Å². The minimum absolute atomic E-state index is 0.0465. The second kappa shape index (κ2) is 7.18. The van der Waals surface area contributed by atoms with E-state index in [1.54, 1.807) is 5.32 Å². The molecule has 4 rings (SSSR count). The van der Waals surface area contributed by atoms with Crippen LogP contribution in [0.4, 0.5) is 21.5 Å². The zero-order chi connectivity index (χ0) is 28.5. The van der Waals surface area contributed by atoms with Gasteiger partial charge in [-0.2, -0.15) is 0 Å². The van der Waals surface area contributed by atoms with Crippen LogP contribution in [-0.4, -0.2) is 29.4 Å². The van der Waals surface area contributed by atoms with Gasteiger partial charge in [-0.05, 0) is 74.2 Å². The number of nitrogens with one attached hydrogen (secondary N) is 1. The number of amides is 2. The van der Waals surface area contributed by atoms with E-state index in [1.807, 2.05) is 0 Å². The minimum Gasteiger partial charge on any atom is -0.355 e. The van der Waals surface area contributed by atoms with E-state index in [4.69, 9.17) is 29.8 Å². The fraction of sp³-hybridized carbons (Fsp3) is 0.273. The standard InChI is InChI=1S/C22H19FN4O2S/c1-13-11-14(6-8-18(13)24-2)26-20(29)22(9-4-10-22)27(21(26)30)15-5-7-16(17(23)12-15)19(28)25-3/h5-8,11-12H,4,9-10H2,1,3H3,(H,25,28)/i3D3,5D,6D,7D,11D,12D. The van der Waals surface area contributed by atoms with Crippen molar-refractivity contribution >= 4 is 46.2 Å². The molecule has 2 aromatic carbocycles. The third-order valence-corrected chi connectivity index (χ3v) is 5.66. The lowest BCUT2D eigenvalue weighted by Crippen LogP contribution is -2.55. The molecular formula is C22H19FN4O2S. The second-order valence-electron chi connectivity index (χ2n) is 6.89. The fourth-order valence-corrected chi connectivity index (χ4v) is 4.03. The molecule has 1 N–H and O–H groups in total. The van der Waals surface area contributed by atoms with Crippen molar-refractivity contribution in [2.24, 2.45) is 0 Å². The molecular weight excluding hydrogens is 403 g/mol. The van der Waals surface area contributed by atoms with Gasteiger partial charge in [0.1, 0.15) is 11.4 Å². The Hall–Kier alpha value is -3.31. The largest absolute Gasteiger partial charge is 0.355 e. The molecule has 1 aliphatic carbocycles. The highest BCUT2D eigenvalue weighted by Crippen LogP contribution is 2.48. The maximum absolute atomic E-state index is 15.4. The third-order valence-electron chi connectivity index (χ3n) is 5.29. The summed E-state index contributed by atoms with van der Waals surface area (Å²) in [5.74, 6) is -3.74. The molecule has 1 heterocycles. The molecule has 0 radical (unpaired) electrons. The number of rotatable bonds is 3. The number of hydrogen-bond acceptors (Lipinski definition) is 3. The van der Waals surface area contributed by atoms with Gasteiger partial charge in [0.25, 0.3) is 11.8 Å². The average molecular weight is 431 g/mol. The van der Waals surface area contributed by atoms with E-state index in [1.165, 1.54) is 13.0 Å². The third kappa shape index (κ3) is 2.77. The molecule has 1 saturated carbocycles. The van der Waals surface area contributed by atoms with E-state index in [9.17, 15) is 9.59 Å². The van der Waals surface area contributed by atoms with Crippen LogP contribution in [0.5, 0.6) is 0 Å².